The molecule has 0 saturated heterocycles. The first-order chi connectivity index (χ1) is 16.0. The Balaban J connectivity index is 1.79. The van der Waals surface area contributed by atoms with E-state index in [0.29, 0.717) is 29.1 Å². The Morgan fingerprint density at radius 3 is 2.38 bits per heavy atom. The Hall–Kier alpha value is -3.85. The number of carbonyl (C=O) groups is 2. The molecule has 0 spiro atoms. The van der Waals surface area contributed by atoms with Crippen LogP contribution in [0.15, 0.2) is 48.5 Å². The number of rotatable bonds is 8. The topological polar surface area (TPSA) is 145 Å². The zero-order valence-corrected chi connectivity index (χ0v) is 19.8. The van der Waals surface area contributed by atoms with Crippen molar-refractivity contribution in [3.63, 3.8) is 0 Å². The molecular weight excluding hydrogens is 434 g/mol. The molecule has 180 valence electrons. The summed E-state index contributed by atoms with van der Waals surface area (Å²) in [6, 6.07) is 14.2. The van der Waals surface area contributed by atoms with E-state index in [1.54, 1.807) is 36.4 Å². The molecule has 0 aliphatic carbocycles. The van der Waals surface area contributed by atoms with Crippen LogP contribution in [-0.2, 0) is 13.1 Å². The highest BCUT2D eigenvalue weighted by molar-refractivity contribution is 6.03. The lowest BCUT2D eigenvalue weighted by Crippen LogP contribution is -2.31. The van der Waals surface area contributed by atoms with Gasteiger partial charge in [0.05, 0.1) is 25.3 Å². The maximum absolute atomic E-state index is 12.5. The largest absolute Gasteiger partial charge is 0.496 e. The highest BCUT2D eigenvalue weighted by Crippen LogP contribution is 2.29. The lowest BCUT2D eigenvalue weighted by Gasteiger charge is -2.25. The van der Waals surface area contributed by atoms with Crippen molar-refractivity contribution in [1.82, 2.24) is 15.1 Å². The van der Waals surface area contributed by atoms with Gasteiger partial charge < -0.3 is 26.6 Å². The van der Waals surface area contributed by atoms with Crippen molar-refractivity contribution in [2.75, 3.05) is 12.8 Å². The third-order valence-corrected chi connectivity index (χ3v) is 5.62. The van der Waals surface area contributed by atoms with Gasteiger partial charge in [0.25, 0.3) is 11.8 Å². The average molecular weight is 466 g/mol. The van der Waals surface area contributed by atoms with Crippen LogP contribution in [0.2, 0.25) is 0 Å². The van der Waals surface area contributed by atoms with Crippen molar-refractivity contribution in [3.05, 3.63) is 65.2 Å². The molecule has 0 bridgehead atoms. The van der Waals surface area contributed by atoms with Gasteiger partial charge in [-0.25, -0.2) is 4.68 Å². The van der Waals surface area contributed by atoms with Crippen LogP contribution in [0.4, 0.5) is 5.82 Å². The van der Waals surface area contributed by atoms with E-state index in [4.69, 9.17) is 16.2 Å². The summed E-state index contributed by atoms with van der Waals surface area (Å²) in [6.45, 7) is 6.13. The number of ether oxygens (including phenoxy) is 1. The first kappa shape index (κ1) is 24.8. The summed E-state index contributed by atoms with van der Waals surface area (Å²) in [5.41, 5.74) is 13.7. The number of hydrogen-bond donors (Lipinski definition) is 4. The number of aromatic nitrogens is 2. The Kier molecular flexibility index (Phi) is 7.26. The van der Waals surface area contributed by atoms with Gasteiger partial charge in [0.2, 0.25) is 0 Å². The average Bonchev–Trinajstić information content (AvgIpc) is 3.13. The maximum Gasteiger partial charge on any atom is 0.255 e. The maximum atomic E-state index is 12.5. The summed E-state index contributed by atoms with van der Waals surface area (Å²) in [7, 11) is 1.52. The fraction of sp³-hybridized carbons (Fsp3) is 0.320. The number of nitrogen functional groups attached to an aromatic ring is 1. The minimum Gasteiger partial charge on any atom is -0.496 e. The number of aliphatic hydroxyl groups is 1. The highest BCUT2D eigenvalue weighted by atomic mass is 16.5. The third kappa shape index (κ3) is 5.37. The predicted octanol–water partition coefficient (Wildman–Crippen LogP) is 2.58. The number of hydrogen-bond acceptors (Lipinski definition) is 6. The third-order valence-electron chi connectivity index (χ3n) is 5.62. The molecule has 2 amide bonds. The van der Waals surface area contributed by atoms with Crippen LogP contribution in [0.25, 0.3) is 11.3 Å². The van der Waals surface area contributed by atoms with Crippen LogP contribution in [0.3, 0.4) is 0 Å². The van der Waals surface area contributed by atoms with Crippen molar-refractivity contribution in [2.24, 2.45) is 11.1 Å². The fourth-order valence-electron chi connectivity index (χ4n) is 3.39. The smallest absolute Gasteiger partial charge is 0.255 e. The van der Waals surface area contributed by atoms with Crippen LogP contribution >= 0.6 is 0 Å². The van der Waals surface area contributed by atoms with E-state index in [2.05, 4.69) is 10.4 Å². The summed E-state index contributed by atoms with van der Waals surface area (Å²) < 4.78 is 6.64. The van der Waals surface area contributed by atoms with Crippen LogP contribution in [-0.4, -0.2) is 39.9 Å². The number of aliphatic hydroxyl groups excluding tert-OH is 1. The Bertz CT molecular complexity index is 1180. The van der Waals surface area contributed by atoms with Gasteiger partial charge in [-0.3, -0.25) is 9.59 Å². The van der Waals surface area contributed by atoms with E-state index < -0.39 is 12.0 Å². The van der Waals surface area contributed by atoms with Gasteiger partial charge >= 0.3 is 0 Å². The number of nitrogens with zero attached hydrogens (tertiary/aromatic N) is 2. The monoisotopic (exact) mass is 465 g/mol. The lowest BCUT2D eigenvalue weighted by molar-refractivity contribution is 0.0457. The molecular formula is C25H31N5O4. The minimum atomic E-state index is -0.725. The second-order valence-electron chi connectivity index (χ2n) is 9.12. The molecule has 9 heteroatoms. The number of benzene rings is 2. The van der Waals surface area contributed by atoms with E-state index in [1.165, 1.54) is 11.8 Å². The summed E-state index contributed by atoms with van der Waals surface area (Å²) in [5.74, 6) is -0.336. The number of para-hydroxylation sites is 1. The number of primary amides is 1. The second-order valence-corrected chi connectivity index (χ2v) is 9.12. The molecule has 1 aromatic heterocycles. The molecule has 3 aromatic rings. The van der Waals surface area contributed by atoms with Gasteiger partial charge in [0.15, 0.2) is 0 Å². The van der Waals surface area contributed by atoms with Gasteiger partial charge in [0, 0.05) is 12.1 Å². The van der Waals surface area contributed by atoms with Crippen molar-refractivity contribution in [3.8, 4) is 17.0 Å². The molecule has 0 aliphatic heterocycles. The van der Waals surface area contributed by atoms with Gasteiger partial charge in [0.1, 0.15) is 22.8 Å². The first-order valence-electron chi connectivity index (χ1n) is 10.9. The van der Waals surface area contributed by atoms with Crippen LogP contribution in [0.1, 0.15) is 47.1 Å². The zero-order valence-electron chi connectivity index (χ0n) is 19.8. The molecule has 0 fully saturated rings. The zero-order chi connectivity index (χ0) is 25.0. The summed E-state index contributed by atoms with van der Waals surface area (Å²) >= 11 is 0. The number of amides is 2. The van der Waals surface area contributed by atoms with Crippen molar-refractivity contribution < 1.29 is 19.4 Å². The summed E-state index contributed by atoms with van der Waals surface area (Å²) in [6.07, 6.45) is -0.725. The van der Waals surface area contributed by atoms with E-state index in [1.807, 2.05) is 32.9 Å². The van der Waals surface area contributed by atoms with E-state index >= 15 is 0 Å². The molecule has 9 nitrogen and oxygen atoms in total. The fourth-order valence-corrected chi connectivity index (χ4v) is 3.39. The predicted molar refractivity (Wildman–Crippen MR) is 130 cm³/mol. The molecule has 6 N–H and O–H groups in total. The van der Waals surface area contributed by atoms with Crippen LogP contribution in [0, 0.1) is 5.41 Å². The molecule has 0 aliphatic rings. The van der Waals surface area contributed by atoms with Gasteiger partial charge in [-0.2, -0.15) is 5.10 Å². The highest BCUT2D eigenvalue weighted by Gasteiger charge is 2.27. The SMILES string of the molecule is COc1ccccc1C(=O)NCc1ccc(-c2nn(CC(O)C(C)(C)C)c(N)c2C(N)=O)cc1. The van der Waals surface area contributed by atoms with Gasteiger partial charge in [-0.15, -0.1) is 0 Å². The molecule has 0 saturated carbocycles. The number of methoxy groups -OCH3 is 1. The summed E-state index contributed by atoms with van der Waals surface area (Å²) in [4.78, 5) is 24.6. The molecule has 3 rings (SSSR count). The molecule has 1 heterocycles. The van der Waals surface area contributed by atoms with E-state index in [-0.39, 0.29) is 29.2 Å². The van der Waals surface area contributed by atoms with Crippen molar-refractivity contribution in [1.29, 1.82) is 0 Å². The van der Waals surface area contributed by atoms with E-state index in [9.17, 15) is 14.7 Å². The van der Waals surface area contributed by atoms with Crippen molar-refractivity contribution in [2.45, 2.75) is 40.0 Å². The lowest BCUT2D eigenvalue weighted by atomic mass is 9.89. The standard InChI is InChI=1S/C25H31N5O4/c1-25(2,3)19(31)14-30-22(26)20(23(27)32)21(29-30)16-11-9-15(10-12-16)13-28-24(33)17-7-5-6-8-18(17)34-4/h5-12,19,31H,13-14,26H2,1-4H3,(H2,27,32)(H,28,33). The van der Waals surface area contributed by atoms with Gasteiger partial charge in [-0.1, -0.05) is 57.2 Å². The number of carbonyl (C=O) groups excluding carboxylic acids is 2. The molecule has 34 heavy (non-hydrogen) atoms. The minimum absolute atomic E-state index is 0.110. The van der Waals surface area contributed by atoms with Crippen LogP contribution in [0.5, 0.6) is 5.75 Å². The van der Waals surface area contributed by atoms with Gasteiger partial charge in [-0.05, 0) is 23.1 Å². The quantitative estimate of drug-likeness (QED) is 0.402. The molecule has 1 unspecified atom stereocenters. The molecule has 0 radical (unpaired) electrons. The second kappa shape index (κ2) is 9.96. The number of anilines is 1. The Morgan fingerprint density at radius 2 is 1.79 bits per heavy atom. The van der Waals surface area contributed by atoms with Crippen molar-refractivity contribution >= 4 is 17.6 Å². The first-order valence-corrected chi connectivity index (χ1v) is 10.9. The Labute approximate surface area is 198 Å². The number of nitrogens with one attached hydrogen (secondary N) is 1. The number of nitrogens with two attached hydrogens (primary N) is 2. The van der Waals surface area contributed by atoms with Crippen LogP contribution < -0.4 is 21.5 Å². The molecule has 2 aromatic carbocycles. The summed E-state index contributed by atoms with van der Waals surface area (Å²) in [5, 5.41) is 17.8. The van der Waals surface area contributed by atoms with E-state index in [0.717, 1.165) is 5.56 Å². The normalized spacial score (nSPS) is 12.3. The Morgan fingerprint density at radius 1 is 1.15 bits per heavy atom. The molecule has 1 atom stereocenters.